The van der Waals surface area contributed by atoms with Crippen LogP contribution in [0.1, 0.15) is 41.0 Å². The summed E-state index contributed by atoms with van der Waals surface area (Å²) >= 11 is 0. The molecule has 0 radical (unpaired) electrons. The van der Waals surface area contributed by atoms with E-state index in [0.717, 1.165) is 41.5 Å². The number of terminal acetylenes is 1. The summed E-state index contributed by atoms with van der Waals surface area (Å²) in [6.07, 6.45) is 11.6. The number of aromatic nitrogens is 3. The van der Waals surface area contributed by atoms with Gasteiger partial charge in [-0.2, -0.15) is 0 Å². The zero-order valence-electron chi connectivity index (χ0n) is 15.6. The molecule has 1 atom stereocenters. The molecule has 0 saturated heterocycles. The average Bonchev–Trinajstić information content (AvgIpc) is 2.75. The van der Waals surface area contributed by atoms with Gasteiger partial charge < -0.3 is 5.32 Å². The van der Waals surface area contributed by atoms with E-state index in [2.05, 4.69) is 26.2 Å². The summed E-state index contributed by atoms with van der Waals surface area (Å²) in [6, 6.07) is 11.5. The number of benzene rings is 1. The molecule has 1 unspecified atom stereocenters. The van der Waals surface area contributed by atoms with Gasteiger partial charge in [-0.05, 0) is 61.6 Å². The highest BCUT2D eigenvalue weighted by molar-refractivity contribution is 5.96. The van der Waals surface area contributed by atoms with Gasteiger partial charge in [-0.25, -0.2) is 9.97 Å². The van der Waals surface area contributed by atoms with E-state index >= 15 is 0 Å². The number of fused-ring (bicyclic) bond motifs is 1. The molecule has 0 aliphatic heterocycles. The number of carbonyl (C=O) groups is 1. The number of nitrogens with zero attached hydrogens (tertiary/aromatic N) is 3. The Labute approximate surface area is 164 Å². The second-order valence-corrected chi connectivity index (χ2v) is 6.93. The first-order valence-electron chi connectivity index (χ1n) is 9.31. The molecule has 1 amide bonds. The minimum Gasteiger partial charge on any atom is -0.310 e. The number of rotatable bonds is 3. The summed E-state index contributed by atoms with van der Waals surface area (Å²) in [5.41, 5.74) is 4.55. The molecular weight excluding hydrogens is 348 g/mol. The minimum absolute atomic E-state index is 0.0526. The van der Waals surface area contributed by atoms with Crippen LogP contribution >= 0.6 is 0 Å². The van der Waals surface area contributed by atoms with E-state index in [0.29, 0.717) is 17.3 Å². The van der Waals surface area contributed by atoms with Crippen molar-refractivity contribution >= 4 is 11.7 Å². The fraction of sp³-hybridized carbons (Fsp3) is 0.217. The van der Waals surface area contributed by atoms with Gasteiger partial charge in [0.15, 0.2) is 5.82 Å². The molecule has 0 spiro atoms. The number of amides is 1. The van der Waals surface area contributed by atoms with Gasteiger partial charge in [-0.3, -0.25) is 9.78 Å². The first-order chi connectivity index (χ1) is 13.7. The van der Waals surface area contributed by atoms with Crippen LogP contribution in [0.25, 0.3) is 11.5 Å². The van der Waals surface area contributed by atoms with Gasteiger partial charge in [0.1, 0.15) is 11.5 Å². The number of nitrogens with one attached hydrogen (secondary N) is 1. The van der Waals surface area contributed by atoms with Crippen molar-refractivity contribution in [3.63, 3.8) is 0 Å². The third-order valence-electron chi connectivity index (χ3n) is 5.05. The zero-order chi connectivity index (χ0) is 19.5. The van der Waals surface area contributed by atoms with Crippen LogP contribution in [0.2, 0.25) is 0 Å². The maximum absolute atomic E-state index is 13.1. The quantitative estimate of drug-likeness (QED) is 0.712. The highest BCUT2D eigenvalue weighted by atomic mass is 16.1. The molecular formula is C23H20N4O. The number of anilines is 1. The van der Waals surface area contributed by atoms with E-state index in [1.54, 1.807) is 12.4 Å². The summed E-state index contributed by atoms with van der Waals surface area (Å²) < 4.78 is 0. The highest BCUT2D eigenvalue weighted by Gasteiger charge is 2.27. The monoisotopic (exact) mass is 368 g/mol. The molecule has 0 bridgehead atoms. The van der Waals surface area contributed by atoms with Crippen molar-refractivity contribution < 1.29 is 4.79 Å². The molecule has 1 aliphatic rings. The molecule has 4 rings (SSSR count). The summed E-state index contributed by atoms with van der Waals surface area (Å²) in [6.45, 7) is 1.88. The maximum Gasteiger partial charge on any atom is 0.233 e. The first-order valence-corrected chi connectivity index (χ1v) is 9.31. The lowest BCUT2D eigenvalue weighted by molar-refractivity contribution is -0.117. The Morgan fingerprint density at radius 1 is 1.25 bits per heavy atom. The van der Waals surface area contributed by atoms with Crippen molar-refractivity contribution in [2.75, 3.05) is 5.32 Å². The van der Waals surface area contributed by atoms with Gasteiger partial charge in [0.05, 0.1) is 5.92 Å². The Bertz CT molecular complexity index is 1070. The van der Waals surface area contributed by atoms with E-state index in [1.165, 1.54) is 0 Å². The molecule has 3 aromatic rings. The average molecular weight is 368 g/mol. The van der Waals surface area contributed by atoms with Crippen molar-refractivity contribution in [1.29, 1.82) is 0 Å². The van der Waals surface area contributed by atoms with Gasteiger partial charge in [0, 0.05) is 23.5 Å². The van der Waals surface area contributed by atoms with Crippen molar-refractivity contribution in [3.8, 4) is 23.9 Å². The Kier molecular flexibility index (Phi) is 4.86. The minimum atomic E-state index is -0.205. The van der Waals surface area contributed by atoms with Crippen LogP contribution in [0.15, 0.2) is 48.8 Å². The predicted octanol–water partition coefficient (Wildman–Crippen LogP) is 3.89. The molecule has 1 aromatic carbocycles. The molecule has 5 nitrogen and oxygen atoms in total. The van der Waals surface area contributed by atoms with Crippen LogP contribution in [-0.4, -0.2) is 20.9 Å². The lowest BCUT2D eigenvalue weighted by Gasteiger charge is -2.25. The number of aryl methyl sites for hydroxylation is 2. The van der Waals surface area contributed by atoms with E-state index in [1.807, 2.05) is 43.3 Å². The highest BCUT2D eigenvalue weighted by Crippen LogP contribution is 2.33. The summed E-state index contributed by atoms with van der Waals surface area (Å²) in [5.74, 6) is 3.42. The van der Waals surface area contributed by atoms with E-state index in [-0.39, 0.29) is 11.8 Å². The molecule has 5 heteroatoms. The molecule has 0 fully saturated rings. The third kappa shape index (κ3) is 3.49. The molecule has 2 aromatic heterocycles. The van der Waals surface area contributed by atoms with Gasteiger partial charge in [-0.1, -0.05) is 18.1 Å². The number of hydrogen-bond donors (Lipinski definition) is 1. The lowest BCUT2D eigenvalue weighted by Crippen LogP contribution is -2.25. The molecule has 1 N–H and O–H groups in total. The smallest absolute Gasteiger partial charge is 0.233 e. The van der Waals surface area contributed by atoms with Crippen molar-refractivity contribution in [2.45, 2.75) is 32.1 Å². The molecule has 1 aliphatic carbocycles. The van der Waals surface area contributed by atoms with Gasteiger partial charge in [0.2, 0.25) is 5.91 Å². The van der Waals surface area contributed by atoms with Gasteiger partial charge in [-0.15, -0.1) is 6.42 Å². The van der Waals surface area contributed by atoms with E-state index < -0.39 is 0 Å². The lowest BCUT2D eigenvalue weighted by atomic mass is 9.81. The second-order valence-electron chi connectivity index (χ2n) is 6.93. The summed E-state index contributed by atoms with van der Waals surface area (Å²) in [4.78, 5) is 26.2. The summed E-state index contributed by atoms with van der Waals surface area (Å²) in [7, 11) is 0. The fourth-order valence-electron chi connectivity index (χ4n) is 3.57. The first kappa shape index (κ1) is 17.9. The number of pyridine rings is 1. The fourth-order valence-corrected chi connectivity index (χ4v) is 3.57. The number of hydrogen-bond acceptors (Lipinski definition) is 4. The van der Waals surface area contributed by atoms with Crippen LogP contribution in [-0.2, 0) is 11.2 Å². The van der Waals surface area contributed by atoms with Crippen molar-refractivity contribution in [2.24, 2.45) is 0 Å². The van der Waals surface area contributed by atoms with Crippen LogP contribution in [0, 0.1) is 19.3 Å². The molecule has 0 saturated carbocycles. The normalized spacial score (nSPS) is 15.4. The predicted molar refractivity (Wildman–Crippen MR) is 109 cm³/mol. The van der Waals surface area contributed by atoms with Gasteiger partial charge in [0.25, 0.3) is 0 Å². The third-order valence-corrected chi connectivity index (χ3v) is 5.05. The standard InChI is InChI=1S/C23H20N4O/c1-3-16-10-11-18-17(13-16)7-6-8-19(18)23(28)27-21-15(2)14-25-22(26-21)20-9-4-5-12-24-20/h1,4-5,9-14,19H,6-8H2,2H3,(H,25,26,27,28). The van der Waals surface area contributed by atoms with E-state index in [4.69, 9.17) is 6.42 Å². The summed E-state index contributed by atoms with van der Waals surface area (Å²) in [5, 5.41) is 3.00. The number of carbonyl (C=O) groups excluding carboxylic acids is 1. The zero-order valence-corrected chi connectivity index (χ0v) is 15.6. The van der Waals surface area contributed by atoms with Crippen LogP contribution < -0.4 is 5.32 Å². The SMILES string of the molecule is C#Cc1ccc2c(c1)CCCC2C(=O)Nc1nc(-c2ccccn2)ncc1C. The van der Waals surface area contributed by atoms with Crippen molar-refractivity contribution in [3.05, 3.63) is 71.0 Å². The Hall–Kier alpha value is -3.52. The van der Waals surface area contributed by atoms with Gasteiger partial charge >= 0.3 is 0 Å². The maximum atomic E-state index is 13.1. The Morgan fingerprint density at radius 3 is 2.93 bits per heavy atom. The Balaban J connectivity index is 1.61. The van der Waals surface area contributed by atoms with Crippen LogP contribution in [0.5, 0.6) is 0 Å². The van der Waals surface area contributed by atoms with E-state index in [9.17, 15) is 4.79 Å². The van der Waals surface area contributed by atoms with Crippen LogP contribution in [0.3, 0.4) is 0 Å². The topological polar surface area (TPSA) is 67.8 Å². The Morgan fingerprint density at radius 2 is 2.14 bits per heavy atom. The van der Waals surface area contributed by atoms with Crippen molar-refractivity contribution in [1.82, 2.24) is 15.0 Å². The molecule has 138 valence electrons. The largest absolute Gasteiger partial charge is 0.310 e. The second kappa shape index (κ2) is 7.61. The molecule has 28 heavy (non-hydrogen) atoms. The van der Waals surface area contributed by atoms with Crippen LogP contribution in [0.4, 0.5) is 5.82 Å². The molecule has 2 heterocycles.